The van der Waals surface area contributed by atoms with Crippen LogP contribution in [0.1, 0.15) is 25.7 Å². The van der Waals surface area contributed by atoms with Gasteiger partial charge in [0.15, 0.2) is 0 Å². The maximum atomic E-state index is 10.9. The number of nitrogens with two attached hydrogens (primary N) is 1. The second-order valence-electron chi connectivity index (χ2n) is 4.63. The van der Waals surface area contributed by atoms with Crippen LogP contribution in [-0.2, 0) is 19.2 Å². The minimum atomic E-state index is -2.37. The summed E-state index contributed by atoms with van der Waals surface area (Å²) in [5.41, 5.74) is 2.37. The van der Waals surface area contributed by atoms with E-state index in [1.54, 1.807) is 0 Å². The van der Waals surface area contributed by atoms with E-state index in [1.807, 2.05) is 0 Å². The van der Waals surface area contributed by atoms with Gasteiger partial charge in [0.2, 0.25) is 0 Å². The molecular weight excluding hydrogens is 361 g/mol. The van der Waals surface area contributed by atoms with Crippen LogP contribution in [0.2, 0.25) is 0 Å². The summed E-state index contributed by atoms with van der Waals surface area (Å²) in [4.78, 5) is 43.5. The summed E-state index contributed by atoms with van der Waals surface area (Å²) in [6.45, 7) is 0. The number of carbonyl (C=O) groups is 4. The summed E-state index contributed by atoms with van der Waals surface area (Å²) in [6, 6.07) is 0. The molecule has 0 saturated carbocycles. The normalized spacial score (nSPS) is 10.4. The van der Waals surface area contributed by atoms with Gasteiger partial charge in [-0.05, 0) is 0 Å². The molecule has 0 aromatic carbocycles. The van der Waals surface area contributed by atoms with Crippen LogP contribution >= 0.6 is 0 Å². The number of hydrogen-bond donors (Lipinski definition) is 7. The predicted molar refractivity (Wildman–Crippen MR) is 63.6 cm³/mol. The third kappa shape index (κ3) is 10.0. The average Bonchev–Trinajstić information content (AvgIpc) is 2.23. The van der Waals surface area contributed by atoms with Crippen molar-refractivity contribution in [1.82, 2.24) is 5.48 Å². The molecule has 0 rings (SSSR count). The molecule has 8 N–H and O–H groups in total. The van der Waals surface area contributed by atoms with Gasteiger partial charge in [-0.15, -0.1) is 0 Å². The second kappa shape index (κ2) is 13.9. The van der Waals surface area contributed by atoms with Gasteiger partial charge < -0.3 is 31.4 Å². The van der Waals surface area contributed by atoms with Crippen LogP contribution in [-0.4, -0.2) is 60.6 Å². The molecule has 0 aliphatic heterocycles. The smallest absolute Gasteiger partial charge is 0.481 e. The zero-order valence-corrected chi connectivity index (χ0v) is 19.8. The Morgan fingerprint density at radius 2 is 0.958 bits per heavy atom. The van der Waals surface area contributed by atoms with E-state index in [1.165, 1.54) is 5.48 Å². The fourth-order valence-electron chi connectivity index (χ4n) is 2.06. The van der Waals surface area contributed by atoms with Gasteiger partial charge >= 0.3 is 113 Å². The Labute approximate surface area is 203 Å². The summed E-state index contributed by atoms with van der Waals surface area (Å²) >= 11 is 0. The molecule has 120 valence electrons. The number of aliphatic carboxylic acids is 4. The van der Waals surface area contributed by atoms with E-state index in [2.05, 4.69) is 0 Å². The largest absolute Gasteiger partial charge is 1.00 e. The molecule has 14 heteroatoms. The molecule has 0 amide bonds. The molecule has 0 fully saturated rings. The third-order valence-electron chi connectivity index (χ3n) is 3.01. The van der Waals surface area contributed by atoms with E-state index >= 15 is 0 Å². The van der Waals surface area contributed by atoms with Crippen molar-refractivity contribution in [2.75, 3.05) is 0 Å². The maximum absolute atomic E-state index is 10.9. The molecule has 24 heavy (non-hydrogen) atoms. The van der Waals surface area contributed by atoms with E-state index in [4.69, 9.17) is 26.2 Å². The molecule has 0 aromatic heterocycles. The summed E-state index contributed by atoms with van der Waals surface area (Å²) < 4.78 is 0. The molecule has 0 bridgehead atoms. The zero-order chi connectivity index (χ0) is 16.8. The van der Waals surface area contributed by atoms with Crippen LogP contribution in [0.25, 0.3) is 0 Å². The van der Waals surface area contributed by atoms with E-state index in [9.17, 15) is 24.4 Å². The van der Waals surface area contributed by atoms with Crippen LogP contribution < -0.4 is 99.9 Å². The minimum absolute atomic E-state index is 0. The Bertz CT molecular complexity index is 429. The third-order valence-corrected chi connectivity index (χ3v) is 3.01. The van der Waals surface area contributed by atoms with Crippen molar-refractivity contribution in [3.05, 3.63) is 0 Å². The molecule has 0 aromatic rings. The van der Waals surface area contributed by atoms with Crippen LogP contribution in [0.3, 0.4) is 0 Å². The molecule has 0 unspecified atom stereocenters. The monoisotopic (exact) mass is 377 g/mol. The van der Waals surface area contributed by atoms with Crippen LogP contribution in [0.15, 0.2) is 0 Å². The first kappa shape index (κ1) is 32.4. The van der Waals surface area contributed by atoms with Crippen molar-refractivity contribution < 1.29 is 133 Å². The topological polar surface area (TPSA) is 207 Å². The number of carboxylic acids is 4. The fourth-order valence-corrected chi connectivity index (χ4v) is 2.06. The Hall–Kier alpha value is 0.760. The number of hydroxylamine groups is 1. The van der Waals surface area contributed by atoms with Crippen molar-refractivity contribution in [1.29, 1.82) is 0 Å². The van der Waals surface area contributed by atoms with Gasteiger partial charge in [0, 0.05) is 0 Å². The second-order valence-corrected chi connectivity index (χ2v) is 4.63. The van der Waals surface area contributed by atoms with Crippen LogP contribution in [0, 0.1) is 0 Å². The molecule has 0 atom stereocenters. The standard InChI is InChI=1S/C10H16N2O9.3Na/c11-9(1-5(13)14,2-6(15)16)10(12-21,3-7(17)18)4-8(19)20;;;/h12,21H,1-4,11H2,(H,13,14)(H,15,16)(H,17,18)(H,19,20);;;/q;3*+1. The van der Waals surface area contributed by atoms with Gasteiger partial charge in [-0.3, -0.25) is 19.2 Å². The summed E-state index contributed by atoms with van der Waals surface area (Å²) in [6.07, 6.45) is -4.31. The molecule has 0 aliphatic rings. The Morgan fingerprint density at radius 3 is 1.12 bits per heavy atom. The van der Waals surface area contributed by atoms with Crippen molar-refractivity contribution in [3.8, 4) is 0 Å². The molecule has 0 aliphatic carbocycles. The zero-order valence-electron chi connectivity index (χ0n) is 13.8. The molecule has 11 nitrogen and oxygen atoms in total. The van der Waals surface area contributed by atoms with Gasteiger partial charge in [-0.25, -0.2) is 0 Å². The van der Waals surface area contributed by atoms with Crippen molar-refractivity contribution in [3.63, 3.8) is 0 Å². The number of nitrogens with one attached hydrogen (secondary N) is 1. The van der Waals surface area contributed by atoms with Crippen molar-refractivity contribution >= 4 is 23.9 Å². The Morgan fingerprint density at radius 1 is 0.708 bits per heavy atom. The first-order chi connectivity index (χ1) is 9.48. The number of rotatable bonds is 10. The Balaban J connectivity index is -0.000000667. The van der Waals surface area contributed by atoms with Crippen LogP contribution in [0.5, 0.6) is 0 Å². The predicted octanol–water partition coefficient (Wildman–Crippen LogP) is -10.7. The first-order valence-electron chi connectivity index (χ1n) is 5.55. The first-order valence-corrected chi connectivity index (χ1v) is 5.55. The summed E-state index contributed by atoms with van der Waals surface area (Å²) in [5.74, 6) is -6.34. The summed E-state index contributed by atoms with van der Waals surface area (Å²) in [5, 5.41) is 44.5. The average molecular weight is 377 g/mol. The number of carboxylic acid groups (broad SMARTS) is 4. The van der Waals surface area contributed by atoms with E-state index in [-0.39, 0.29) is 88.7 Å². The van der Waals surface area contributed by atoms with Crippen LogP contribution in [0.4, 0.5) is 0 Å². The quantitative estimate of drug-likeness (QED) is 0.140. The van der Waals surface area contributed by atoms with Gasteiger partial charge in [0.25, 0.3) is 0 Å². The molecule has 0 heterocycles. The van der Waals surface area contributed by atoms with Crippen molar-refractivity contribution in [2.45, 2.75) is 36.8 Å². The molecule has 0 saturated heterocycles. The maximum Gasteiger partial charge on any atom is 1.00 e. The molecular formula is C10H16N2Na3O9+3. The molecule has 0 radical (unpaired) electrons. The SMILES string of the molecule is NC(CC(=O)O)(CC(=O)O)C(CC(=O)O)(CC(=O)O)NO.[Na+].[Na+].[Na+]. The Kier molecular flexibility index (Phi) is 18.8. The van der Waals surface area contributed by atoms with E-state index in [0.717, 1.165) is 0 Å². The van der Waals surface area contributed by atoms with Gasteiger partial charge in [-0.1, -0.05) is 0 Å². The minimum Gasteiger partial charge on any atom is -0.481 e. The van der Waals surface area contributed by atoms with Gasteiger partial charge in [-0.2, -0.15) is 5.48 Å². The van der Waals surface area contributed by atoms with Gasteiger partial charge in [0.1, 0.15) is 0 Å². The van der Waals surface area contributed by atoms with Gasteiger partial charge in [0.05, 0.1) is 36.8 Å². The van der Waals surface area contributed by atoms with E-state index in [0.29, 0.717) is 0 Å². The summed E-state index contributed by atoms with van der Waals surface area (Å²) in [7, 11) is 0. The van der Waals surface area contributed by atoms with E-state index < -0.39 is 60.6 Å². The van der Waals surface area contributed by atoms with Crippen molar-refractivity contribution in [2.24, 2.45) is 5.73 Å². The molecule has 0 spiro atoms. The number of hydrogen-bond acceptors (Lipinski definition) is 7. The fraction of sp³-hybridized carbons (Fsp3) is 0.600.